The second-order valence-electron chi connectivity index (χ2n) is 4.90. The van der Waals surface area contributed by atoms with Gasteiger partial charge in [0.15, 0.2) is 0 Å². The Balaban J connectivity index is 2.10. The van der Waals surface area contributed by atoms with Gasteiger partial charge >= 0.3 is 0 Å². The molecule has 5 heteroatoms. The highest BCUT2D eigenvalue weighted by Crippen LogP contribution is 2.23. The molecular weight excluding hydrogens is 284 g/mol. The average Bonchev–Trinajstić information content (AvgIpc) is 2.90. The van der Waals surface area contributed by atoms with Crippen molar-refractivity contribution in [3.63, 3.8) is 0 Å². The molecule has 1 heterocycles. The first-order valence-electron chi connectivity index (χ1n) is 6.67. The molecule has 1 aromatic heterocycles. The molecule has 0 unspecified atom stereocenters. The van der Waals surface area contributed by atoms with Crippen LogP contribution >= 0.6 is 11.3 Å². The van der Waals surface area contributed by atoms with Crippen molar-refractivity contribution in [1.29, 1.82) is 0 Å². The van der Waals surface area contributed by atoms with Gasteiger partial charge < -0.3 is 10.6 Å². The van der Waals surface area contributed by atoms with Gasteiger partial charge in [0.1, 0.15) is 5.00 Å². The van der Waals surface area contributed by atoms with Crippen molar-refractivity contribution < 1.29 is 9.59 Å². The molecule has 0 spiro atoms. The lowest BCUT2D eigenvalue weighted by atomic mass is 10.0. The number of aryl methyl sites for hydroxylation is 2. The molecule has 2 N–H and O–H groups in total. The van der Waals surface area contributed by atoms with Gasteiger partial charge in [0.2, 0.25) is 5.91 Å². The third kappa shape index (κ3) is 3.70. The molecule has 110 valence electrons. The van der Waals surface area contributed by atoms with E-state index in [-0.39, 0.29) is 11.8 Å². The molecule has 2 rings (SSSR count). The Kier molecular flexibility index (Phi) is 4.75. The molecule has 0 fully saturated rings. The Morgan fingerprint density at radius 2 is 1.95 bits per heavy atom. The first-order chi connectivity index (χ1) is 10.0. The quantitative estimate of drug-likeness (QED) is 0.912. The van der Waals surface area contributed by atoms with Crippen LogP contribution in [0.1, 0.15) is 27.0 Å². The molecule has 0 aliphatic rings. The Morgan fingerprint density at radius 1 is 1.19 bits per heavy atom. The molecule has 4 nitrogen and oxygen atoms in total. The van der Waals surface area contributed by atoms with Crippen LogP contribution in [0, 0.1) is 13.8 Å². The zero-order valence-electron chi connectivity index (χ0n) is 12.3. The molecule has 0 aliphatic heterocycles. The summed E-state index contributed by atoms with van der Waals surface area (Å²) in [6.45, 7) is 3.99. The average molecular weight is 302 g/mol. The van der Waals surface area contributed by atoms with Gasteiger partial charge in [-0.3, -0.25) is 9.59 Å². The minimum atomic E-state index is -0.196. The molecule has 0 radical (unpaired) electrons. The molecule has 2 aromatic rings. The predicted octanol–water partition coefficient (Wildman–Crippen LogP) is 2.91. The van der Waals surface area contributed by atoms with E-state index in [0.29, 0.717) is 17.0 Å². The molecule has 2 amide bonds. The van der Waals surface area contributed by atoms with E-state index in [2.05, 4.69) is 10.6 Å². The molecular formula is C16H18N2O2S. The van der Waals surface area contributed by atoms with Crippen LogP contribution in [0.3, 0.4) is 0 Å². The lowest BCUT2D eigenvalue weighted by molar-refractivity contribution is -0.115. The van der Waals surface area contributed by atoms with Crippen molar-refractivity contribution in [2.24, 2.45) is 0 Å². The minimum Gasteiger partial charge on any atom is -0.355 e. The summed E-state index contributed by atoms with van der Waals surface area (Å²) in [6, 6.07) is 7.76. The van der Waals surface area contributed by atoms with Crippen LogP contribution in [0.4, 0.5) is 5.00 Å². The lowest BCUT2D eigenvalue weighted by Crippen LogP contribution is -2.21. The normalized spacial score (nSPS) is 10.2. The summed E-state index contributed by atoms with van der Waals surface area (Å²) in [5.74, 6) is -0.311. The Bertz CT molecular complexity index is 677. The van der Waals surface area contributed by atoms with Gasteiger partial charge in [0.05, 0.1) is 12.0 Å². The van der Waals surface area contributed by atoms with E-state index in [0.717, 1.165) is 16.7 Å². The molecule has 0 atom stereocenters. The summed E-state index contributed by atoms with van der Waals surface area (Å²) in [5.41, 5.74) is 3.72. The maximum atomic E-state index is 12.2. The van der Waals surface area contributed by atoms with Crippen molar-refractivity contribution in [3.05, 3.63) is 51.9 Å². The van der Waals surface area contributed by atoms with Crippen LogP contribution in [-0.2, 0) is 11.2 Å². The second-order valence-corrected chi connectivity index (χ2v) is 5.81. The van der Waals surface area contributed by atoms with Crippen LogP contribution in [0.5, 0.6) is 0 Å². The highest BCUT2D eigenvalue weighted by Gasteiger charge is 2.14. The topological polar surface area (TPSA) is 58.2 Å². The van der Waals surface area contributed by atoms with Crippen molar-refractivity contribution in [1.82, 2.24) is 5.32 Å². The predicted molar refractivity (Wildman–Crippen MR) is 86.0 cm³/mol. The van der Waals surface area contributed by atoms with Crippen LogP contribution in [-0.4, -0.2) is 18.9 Å². The SMILES string of the molecule is CNC(=O)c1ccsc1NC(=O)Cc1cc(C)ccc1C. The van der Waals surface area contributed by atoms with Crippen molar-refractivity contribution in [2.45, 2.75) is 20.3 Å². The highest BCUT2D eigenvalue weighted by molar-refractivity contribution is 7.14. The number of thiophene rings is 1. The molecule has 0 bridgehead atoms. The lowest BCUT2D eigenvalue weighted by Gasteiger charge is -2.08. The Hall–Kier alpha value is -2.14. The monoisotopic (exact) mass is 302 g/mol. The van der Waals surface area contributed by atoms with E-state index in [1.165, 1.54) is 11.3 Å². The smallest absolute Gasteiger partial charge is 0.254 e. The number of amides is 2. The summed E-state index contributed by atoms with van der Waals surface area (Å²) in [5, 5.41) is 7.76. The third-order valence-corrected chi connectivity index (χ3v) is 4.08. The third-order valence-electron chi connectivity index (χ3n) is 3.25. The van der Waals surface area contributed by atoms with E-state index in [1.54, 1.807) is 18.5 Å². The van der Waals surface area contributed by atoms with Crippen molar-refractivity contribution in [2.75, 3.05) is 12.4 Å². The van der Waals surface area contributed by atoms with E-state index in [4.69, 9.17) is 0 Å². The Labute approximate surface area is 128 Å². The van der Waals surface area contributed by atoms with Gasteiger partial charge in [-0.1, -0.05) is 23.8 Å². The number of hydrogen-bond donors (Lipinski definition) is 2. The maximum Gasteiger partial charge on any atom is 0.254 e. The number of benzene rings is 1. The number of carbonyl (C=O) groups is 2. The van der Waals surface area contributed by atoms with Crippen LogP contribution in [0.25, 0.3) is 0 Å². The van der Waals surface area contributed by atoms with Crippen LogP contribution in [0.15, 0.2) is 29.6 Å². The number of carbonyl (C=O) groups excluding carboxylic acids is 2. The van der Waals surface area contributed by atoms with Crippen LogP contribution in [0.2, 0.25) is 0 Å². The fourth-order valence-electron chi connectivity index (χ4n) is 2.05. The van der Waals surface area contributed by atoms with E-state index < -0.39 is 0 Å². The standard InChI is InChI=1S/C16H18N2O2S/c1-10-4-5-11(2)12(8-10)9-14(19)18-16-13(6-7-21-16)15(20)17-3/h4-8H,9H2,1-3H3,(H,17,20)(H,18,19). The van der Waals surface area contributed by atoms with Crippen LogP contribution < -0.4 is 10.6 Å². The first-order valence-corrected chi connectivity index (χ1v) is 7.54. The molecule has 1 aromatic carbocycles. The van der Waals surface area contributed by atoms with Gasteiger partial charge in [-0.05, 0) is 36.4 Å². The summed E-state index contributed by atoms with van der Waals surface area (Å²) in [7, 11) is 1.57. The largest absolute Gasteiger partial charge is 0.355 e. The zero-order valence-corrected chi connectivity index (χ0v) is 13.1. The fraction of sp³-hybridized carbons (Fsp3) is 0.250. The molecule has 0 aliphatic carbocycles. The molecule has 0 saturated carbocycles. The maximum absolute atomic E-state index is 12.2. The summed E-state index contributed by atoms with van der Waals surface area (Å²) >= 11 is 1.35. The Morgan fingerprint density at radius 3 is 2.67 bits per heavy atom. The number of hydrogen-bond acceptors (Lipinski definition) is 3. The first kappa shape index (κ1) is 15.3. The minimum absolute atomic E-state index is 0.115. The number of nitrogens with one attached hydrogen (secondary N) is 2. The molecule has 21 heavy (non-hydrogen) atoms. The van der Waals surface area contributed by atoms with Gasteiger partial charge in [-0.15, -0.1) is 11.3 Å². The number of rotatable bonds is 4. The van der Waals surface area contributed by atoms with E-state index in [1.807, 2.05) is 32.0 Å². The van der Waals surface area contributed by atoms with Gasteiger partial charge in [0, 0.05) is 7.05 Å². The summed E-state index contributed by atoms with van der Waals surface area (Å²) in [6.07, 6.45) is 0.304. The van der Waals surface area contributed by atoms with Crippen molar-refractivity contribution in [3.8, 4) is 0 Å². The molecule has 0 saturated heterocycles. The highest BCUT2D eigenvalue weighted by atomic mass is 32.1. The van der Waals surface area contributed by atoms with Gasteiger partial charge in [-0.25, -0.2) is 0 Å². The van der Waals surface area contributed by atoms with E-state index in [9.17, 15) is 9.59 Å². The summed E-state index contributed by atoms with van der Waals surface area (Å²) < 4.78 is 0. The van der Waals surface area contributed by atoms with Gasteiger partial charge in [-0.2, -0.15) is 0 Å². The zero-order chi connectivity index (χ0) is 15.4. The fourth-order valence-corrected chi connectivity index (χ4v) is 2.85. The van der Waals surface area contributed by atoms with Gasteiger partial charge in [0.25, 0.3) is 5.91 Å². The van der Waals surface area contributed by atoms with E-state index >= 15 is 0 Å². The summed E-state index contributed by atoms with van der Waals surface area (Å²) in [4.78, 5) is 23.8. The number of anilines is 1. The second kappa shape index (κ2) is 6.54. The van der Waals surface area contributed by atoms with Crippen molar-refractivity contribution >= 4 is 28.2 Å².